The number of hydrogen-bond donors (Lipinski definition) is 0. The van der Waals surface area contributed by atoms with E-state index in [2.05, 4.69) is 12.1 Å². The van der Waals surface area contributed by atoms with Gasteiger partial charge in [0.2, 0.25) is 0 Å². The van der Waals surface area contributed by atoms with E-state index in [0.717, 1.165) is 11.1 Å². The van der Waals surface area contributed by atoms with Crippen molar-refractivity contribution in [2.75, 3.05) is 0 Å². The molecule has 0 spiro atoms. The smallest absolute Gasteiger partial charge is 0.226 e. The van der Waals surface area contributed by atoms with Gasteiger partial charge in [-0.1, -0.05) is 13.8 Å². The van der Waals surface area contributed by atoms with Gasteiger partial charge in [-0.2, -0.15) is 48.5 Å². The Labute approximate surface area is 104 Å². The van der Waals surface area contributed by atoms with Crippen LogP contribution in [0.3, 0.4) is 0 Å². The average Bonchev–Trinajstić information content (AvgIpc) is 2.34. The van der Waals surface area contributed by atoms with E-state index in [1.807, 2.05) is 62.4 Å². The molecule has 2 rings (SSSR count). The summed E-state index contributed by atoms with van der Waals surface area (Å²) in [5.41, 5.74) is 2.19. The first kappa shape index (κ1) is 14.0. The van der Waals surface area contributed by atoms with Gasteiger partial charge in [-0.25, -0.2) is 11.1 Å². The Balaban J connectivity index is 0.000000617. The molecule has 0 atom stereocenters. The minimum absolute atomic E-state index is 0. The summed E-state index contributed by atoms with van der Waals surface area (Å²) in [6.07, 6.45) is 0. The third-order valence-electron chi connectivity index (χ3n) is 1.71. The fourth-order valence-corrected chi connectivity index (χ4v) is 1.12. The summed E-state index contributed by atoms with van der Waals surface area (Å²) >= 11 is 0. The van der Waals surface area contributed by atoms with Crippen molar-refractivity contribution in [1.29, 1.82) is 0 Å². The SMILES string of the molecule is CC.[V+2].[c-]1ccccc1-c1[c-]cccc1. The molecule has 0 saturated heterocycles. The molecule has 0 N–H and O–H groups in total. The van der Waals surface area contributed by atoms with Gasteiger partial charge in [0, 0.05) is 0 Å². The fourth-order valence-electron chi connectivity index (χ4n) is 1.12. The average molecular weight is 233 g/mol. The molecular formula is C14H14V. The van der Waals surface area contributed by atoms with Gasteiger partial charge < -0.3 is 0 Å². The molecule has 15 heavy (non-hydrogen) atoms. The van der Waals surface area contributed by atoms with Gasteiger partial charge in [0.15, 0.2) is 0 Å². The first-order valence-electron chi connectivity index (χ1n) is 4.90. The van der Waals surface area contributed by atoms with Gasteiger partial charge in [-0.15, -0.1) is 12.1 Å². The summed E-state index contributed by atoms with van der Waals surface area (Å²) in [6, 6.07) is 22.1. The van der Waals surface area contributed by atoms with Crippen LogP contribution < -0.4 is 0 Å². The van der Waals surface area contributed by atoms with Gasteiger partial charge in [0.1, 0.15) is 0 Å². The zero-order valence-electron chi connectivity index (χ0n) is 9.07. The van der Waals surface area contributed by atoms with Gasteiger partial charge in [0.25, 0.3) is 0 Å². The molecule has 0 aliphatic carbocycles. The van der Waals surface area contributed by atoms with E-state index in [-0.39, 0.29) is 18.6 Å². The van der Waals surface area contributed by atoms with Crippen molar-refractivity contribution in [2.24, 2.45) is 0 Å². The van der Waals surface area contributed by atoms with E-state index in [1.54, 1.807) is 0 Å². The summed E-state index contributed by atoms with van der Waals surface area (Å²) in [5.74, 6) is 0. The second-order valence-corrected chi connectivity index (χ2v) is 2.55. The largest absolute Gasteiger partial charge is 2.00 e. The van der Waals surface area contributed by atoms with Crippen LogP contribution in [0.2, 0.25) is 0 Å². The molecule has 0 nitrogen and oxygen atoms in total. The molecule has 0 bridgehead atoms. The molecule has 0 aliphatic heterocycles. The molecule has 0 heterocycles. The van der Waals surface area contributed by atoms with Crippen molar-refractivity contribution in [2.45, 2.75) is 13.8 Å². The second-order valence-electron chi connectivity index (χ2n) is 2.55. The van der Waals surface area contributed by atoms with E-state index in [9.17, 15) is 0 Å². The molecule has 1 radical (unpaired) electrons. The summed E-state index contributed by atoms with van der Waals surface area (Å²) in [6.45, 7) is 4.00. The van der Waals surface area contributed by atoms with E-state index in [0.29, 0.717) is 0 Å². The molecular weight excluding hydrogens is 219 g/mol. The van der Waals surface area contributed by atoms with E-state index >= 15 is 0 Å². The topological polar surface area (TPSA) is 0 Å². The Morgan fingerprint density at radius 1 is 0.733 bits per heavy atom. The Morgan fingerprint density at radius 2 is 1.13 bits per heavy atom. The Kier molecular flexibility index (Phi) is 7.80. The van der Waals surface area contributed by atoms with Crippen LogP contribution in [0, 0.1) is 12.1 Å². The predicted octanol–water partition coefficient (Wildman–Crippen LogP) is 3.98. The second kappa shape index (κ2) is 8.34. The van der Waals surface area contributed by atoms with Gasteiger partial charge in [-0.05, 0) is 0 Å². The van der Waals surface area contributed by atoms with Crippen LogP contribution in [-0.4, -0.2) is 0 Å². The number of hydrogen-bond acceptors (Lipinski definition) is 0. The van der Waals surface area contributed by atoms with Crippen molar-refractivity contribution in [3.05, 3.63) is 60.7 Å². The van der Waals surface area contributed by atoms with E-state index < -0.39 is 0 Å². The molecule has 0 aliphatic rings. The maximum Gasteiger partial charge on any atom is 2.00 e. The number of benzene rings is 2. The zero-order valence-corrected chi connectivity index (χ0v) is 10.5. The Hall–Kier alpha value is -0.976. The molecule has 0 aromatic heterocycles. The van der Waals surface area contributed by atoms with Crippen LogP contribution in [0.15, 0.2) is 48.5 Å². The van der Waals surface area contributed by atoms with Crippen molar-refractivity contribution in [1.82, 2.24) is 0 Å². The van der Waals surface area contributed by atoms with Crippen LogP contribution in [0.25, 0.3) is 11.1 Å². The van der Waals surface area contributed by atoms with Crippen LogP contribution in [-0.2, 0) is 18.6 Å². The molecule has 1 heteroatoms. The third-order valence-corrected chi connectivity index (χ3v) is 1.71. The molecule has 0 fully saturated rings. The Morgan fingerprint density at radius 3 is 1.40 bits per heavy atom. The molecule has 2 aromatic rings. The van der Waals surface area contributed by atoms with Gasteiger partial charge in [0.05, 0.1) is 0 Å². The van der Waals surface area contributed by atoms with Crippen molar-refractivity contribution in [3.63, 3.8) is 0 Å². The number of rotatable bonds is 1. The zero-order chi connectivity index (χ0) is 10.2. The minimum Gasteiger partial charge on any atom is -0.226 e. The normalized spacial score (nSPS) is 8.13. The van der Waals surface area contributed by atoms with Crippen molar-refractivity contribution in [3.8, 4) is 11.1 Å². The minimum atomic E-state index is 0. The Bertz CT molecular complexity index is 303. The van der Waals surface area contributed by atoms with Gasteiger partial charge in [-0.3, -0.25) is 0 Å². The van der Waals surface area contributed by atoms with E-state index in [4.69, 9.17) is 0 Å². The van der Waals surface area contributed by atoms with Gasteiger partial charge >= 0.3 is 18.6 Å². The fraction of sp³-hybridized carbons (Fsp3) is 0.143. The molecule has 2 aromatic carbocycles. The molecule has 75 valence electrons. The monoisotopic (exact) mass is 233 g/mol. The quantitative estimate of drug-likeness (QED) is 0.653. The first-order chi connectivity index (χ1) is 6.97. The van der Waals surface area contributed by atoms with Crippen LogP contribution in [0.4, 0.5) is 0 Å². The summed E-state index contributed by atoms with van der Waals surface area (Å²) in [5, 5.41) is 0. The first-order valence-corrected chi connectivity index (χ1v) is 4.90. The predicted molar refractivity (Wildman–Crippen MR) is 60.9 cm³/mol. The maximum absolute atomic E-state index is 3.15. The third kappa shape index (κ3) is 4.37. The van der Waals surface area contributed by atoms with Crippen LogP contribution in [0.1, 0.15) is 13.8 Å². The summed E-state index contributed by atoms with van der Waals surface area (Å²) in [7, 11) is 0. The van der Waals surface area contributed by atoms with E-state index in [1.165, 1.54) is 0 Å². The van der Waals surface area contributed by atoms with Crippen LogP contribution >= 0.6 is 0 Å². The van der Waals surface area contributed by atoms with Crippen molar-refractivity contribution >= 4 is 0 Å². The molecule has 0 saturated carbocycles. The molecule has 0 unspecified atom stereocenters. The van der Waals surface area contributed by atoms with Crippen LogP contribution in [0.5, 0.6) is 0 Å². The molecule has 0 amide bonds. The summed E-state index contributed by atoms with van der Waals surface area (Å²) < 4.78 is 0. The summed E-state index contributed by atoms with van der Waals surface area (Å²) in [4.78, 5) is 0. The maximum atomic E-state index is 3.15. The van der Waals surface area contributed by atoms with Crippen molar-refractivity contribution < 1.29 is 18.6 Å². The standard InChI is InChI=1S/C12H8.C2H6.V/c1-3-7-11(8-4-1)12-9-5-2-6-10-12;1-2;/h1-7,9H;1-2H3;/q-2;;+2.